The highest BCUT2D eigenvalue weighted by Gasteiger charge is 2.31. The van der Waals surface area contributed by atoms with E-state index in [2.05, 4.69) is 0 Å². The average molecular weight is 276 g/mol. The monoisotopic (exact) mass is 276 g/mol. The van der Waals surface area contributed by atoms with Gasteiger partial charge in [-0.05, 0) is 29.5 Å². The van der Waals surface area contributed by atoms with E-state index in [-0.39, 0.29) is 23.2 Å². The van der Waals surface area contributed by atoms with Gasteiger partial charge in [0.2, 0.25) is 0 Å². The lowest BCUT2D eigenvalue weighted by molar-refractivity contribution is -0.0328. The number of thioether (sulfide) groups is 1. The number of nitrogens with zero attached hydrogens (tertiary/aromatic N) is 1. The molecule has 0 aliphatic heterocycles. The molecule has 0 saturated carbocycles. The fourth-order valence-electron chi connectivity index (χ4n) is 1.29. The van der Waals surface area contributed by atoms with Gasteiger partial charge in [0.05, 0.1) is 11.1 Å². The van der Waals surface area contributed by atoms with E-state index in [1.807, 2.05) is 0 Å². The van der Waals surface area contributed by atoms with Crippen molar-refractivity contribution in [2.45, 2.75) is 16.9 Å². The van der Waals surface area contributed by atoms with Crippen molar-refractivity contribution < 1.29 is 23.1 Å². The molecule has 0 bridgehead atoms. The minimum atomic E-state index is -4.59. The Morgan fingerprint density at radius 1 is 1.50 bits per heavy atom. The Morgan fingerprint density at radius 2 is 2.11 bits per heavy atom. The van der Waals surface area contributed by atoms with Crippen LogP contribution in [-0.2, 0) is 6.54 Å². The zero-order valence-electron chi connectivity index (χ0n) is 8.78. The number of benzene rings is 1. The van der Waals surface area contributed by atoms with Crippen LogP contribution < -0.4 is 5.73 Å². The topological polar surface area (TPSA) is 87.1 Å². The van der Waals surface area contributed by atoms with Crippen LogP contribution in [-0.4, -0.2) is 16.6 Å². The normalized spacial score (nSPS) is 11.1. The zero-order valence-corrected chi connectivity index (χ0v) is 9.60. The lowest BCUT2D eigenvalue weighted by atomic mass is 10.0. The van der Waals surface area contributed by atoms with E-state index in [1.54, 1.807) is 6.07 Å². The molecule has 1 aromatic rings. The number of nitrogens with two attached hydrogens (primary N) is 1. The number of carbonyl (C=O) groups is 1. The molecule has 1 aromatic carbocycles. The third-order valence-corrected chi connectivity index (χ3v) is 2.79. The number of rotatable bonds is 3. The Morgan fingerprint density at radius 3 is 2.50 bits per heavy atom. The van der Waals surface area contributed by atoms with Gasteiger partial charge in [0.1, 0.15) is 6.07 Å². The summed E-state index contributed by atoms with van der Waals surface area (Å²) in [4.78, 5) is 10.4. The summed E-state index contributed by atoms with van der Waals surface area (Å²) in [6.07, 6.45) is 0. The molecule has 18 heavy (non-hydrogen) atoms. The summed E-state index contributed by atoms with van der Waals surface area (Å²) in [7, 11) is 0. The van der Waals surface area contributed by atoms with E-state index in [1.165, 1.54) is 0 Å². The smallest absolute Gasteiger partial charge is 0.446 e. The molecule has 0 radical (unpaired) electrons. The predicted molar refractivity (Wildman–Crippen MR) is 57.9 cm³/mol. The van der Waals surface area contributed by atoms with Crippen LogP contribution in [0.5, 0.6) is 0 Å². The number of nitriles is 1. The number of carboxylic acid groups (broad SMARTS) is 1. The van der Waals surface area contributed by atoms with E-state index in [0.717, 1.165) is 12.1 Å². The van der Waals surface area contributed by atoms with Gasteiger partial charge in [-0.1, -0.05) is 0 Å². The Kier molecular flexibility index (Phi) is 4.21. The van der Waals surface area contributed by atoms with Crippen LogP contribution >= 0.6 is 11.8 Å². The summed E-state index contributed by atoms with van der Waals surface area (Å²) < 4.78 is 36.8. The fraction of sp³-hybridized carbons (Fsp3) is 0.200. The molecule has 0 aliphatic carbocycles. The van der Waals surface area contributed by atoms with Crippen molar-refractivity contribution in [3.05, 3.63) is 28.8 Å². The van der Waals surface area contributed by atoms with E-state index in [9.17, 15) is 18.0 Å². The summed E-state index contributed by atoms with van der Waals surface area (Å²) in [5, 5.41) is 17.6. The highest BCUT2D eigenvalue weighted by Crippen LogP contribution is 2.39. The zero-order chi connectivity index (χ0) is 13.9. The summed E-state index contributed by atoms with van der Waals surface area (Å²) in [5.41, 5.74) is 0.234. The fourth-order valence-corrected chi connectivity index (χ4v) is 1.93. The van der Waals surface area contributed by atoms with Gasteiger partial charge in [-0.15, -0.1) is 0 Å². The van der Waals surface area contributed by atoms with Gasteiger partial charge in [0.25, 0.3) is 0 Å². The highest BCUT2D eigenvalue weighted by molar-refractivity contribution is 8.00. The second kappa shape index (κ2) is 5.29. The second-order valence-electron chi connectivity index (χ2n) is 3.17. The van der Waals surface area contributed by atoms with E-state index in [0.29, 0.717) is 0 Å². The van der Waals surface area contributed by atoms with E-state index < -0.39 is 28.1 Å². The van der Waals surface area contributed by atoms with Crippen molar-refractivity contribution in [1.82, 2.24) is 0 Å². The Labute approximate surface area is 104 Å². The van der Waals surface area contributed by atoms with Crippen LogP contribution in [0.3, 0.4) is 0 Å². The molecular weight excluding hydrogens is 269 g/mol. The molecule has 0 spiro atoms. The first-order chi connectivity index (χ1) is 8.28. The molecule has 96 valence electrons. The number of carboxylic acids is 1. The maximum atomic E-state index is 12.3. The van der Waals surface area contributed by atoms with Crippen molar-refractivity contribution in [2.24, 2.45) is 5.73 Å². The maximum absolute atomic E-state index is 12.3. The molecule has 0 aliphatic rings. The molecule has 0 amide bonds. The van der Waals surface area contributed by atoms with Crippen LogP contribution in [0.15, 0.2) is 17.0 Å². The molecule has 3 N–H and O–H groups in total. The van der Waals surface area contributed by atoms with Crippen LogP contribution in [0, 0.1) is 11.3 Å². The number of alkyl halides is 3. The molecule has 0 aromatic heterocycles. The van der Waals surface area contributed by atoms with Gasteiger partial charge < -0.3 is 10.8 Å². The van der Waals surface area contributed by atoms with E-state index >= 15 is 0 Å². The van der Waals surface area contributed by atoms with Crippen molar-refractivity contribution in [3.8, 4) is 6.07 Å². The third-order valence-electron chi connectivity index (χ3n) is 2.00. The molecule has 0 heterocycles. The number of aromatic carboxylic acids is 1. The van der Waals surface area contributed by atoms with Gasteiger partial charge in [0, 0.05) is 11.4 Å². The molecule has 0 fully saturated rings. The summed E-state index contributed by atoms with van der Waals surface area (Å²) >= 11 is -0.524. The number of hydrogen-bond donors (Lipinski definition) is 2. The van der Waals surface area contributed by atoms with Crippen LogP contribution in [0.4, 0.5) is 13.2 Å². The van der Waals surface area contributed by atoms with Crippen LogP contribution in [0.2, 0.25) is 0 Å². The van der Waals surface area contributed by atoms with Crippen molar-refractivity contribution >= 4 is 17.7 Å². The van der Waals surface area contributed by atoms with Crippen LogP contribution in [0.25, 0.3) is 0 Å². The first-order valence-corrected chi connectivity index (χ1v) is 5.36. The predicted octanol–water partition coefficient (Wildman–Crippen LogP) is 2.33. The van der Waals surface area contributed by atoms with E-state index in [4.69, 9.17) is 16.1 Å². The second-order valence-corrected chi connectivity index (χ2v) is 4.28. The van der Waals surface area contributed by atoms with Crippen molar-refractivity contribution in [3.63, 3.8) is 0 Å². The van der Waals surface area contributed by atoms with Gasteiger partial charge in [0.15, 0.2) is 0 Å². The molecule has 8 heteroatoms. The molecule has 1 rings (SSSR count). The Hall–Kier alpha value is -1.72. The Bertz CT molecular complexity index is 523. The Balaban J connectivity index is 3.38. The molecule has 0 saturated heterocycles. The van der Waals surface area contributed by atoms with Crippen LogP contribution in [0.1, 0.15) is 21.5 Å². The third kappa shape index (κ3) is 3.38. The lowest BCUT2D eigenvalue weighted by Crippen LogP contribution is -2.09. The summed E-state index contributed by atoms with van der Waals surface area (Å²) in [5.74, 6) is -1.39. The van der Waals surface area contributed by atoms with Gasteiger partial charge in [-0.25, -0.2) is 4.79 Å². The standard InChI is InChI=1S/C10H7F3N2O2S/c11-10(12,13)18-8-2-7(9(16)17)5(3-14)1-6(8)4-15/h1-2H,3,14H2,(H,16,17). The summed E-state index contributed by atoms with van der Waals surface area (Å²) in [6, 6.07) is 3.48. The first kappa shape index (κ1) is 14.3. The highest BCUT2D eigenvalue weighted by atomic mass is 32.2. The minimum Gasteiger partial charge on any atom is -0.478 e. The SMILES string of the molecule is N#Cc1cc(CN)c(C(=O)O)cc1SC(F)(F)F. The molecule has 0 unspecified atom stereocenters. The van der Waals surface area contributed by atoms with Gasteiger partial charge >= 0.3 is 11.5 Å². The molecular formula is C10H7F3N2O2S. The largest absolute Gasteiger partial charge is 0.478 e. The average Bonchev–Trinajstić information content (AvgIpc) is 2.26. The van der Waals surface area contributed by atoms with Gasteiger partial charge in [-0.3, -0.25) is 0 Å². The number of halogens is 3. The molecule has 4 nitrogen and oxygen atoms in total. The number of hydrogen-bond acceptors (Lipinski definition) is 4. The quantitative estimate of drug-likeness (QED) is 0.827. The van der Waals surface area contributed by atoms with Crippen molar-refractivity contribution in [1.29, 1.82) is 5.26 Å². The maximum Gasteiger partial charge on any atom is 0.446 e. The molecule has 0 atom stereocenters. The van der Waals surface area contributed by atoms with Crippen molar-refractivity contribution in [2.75, 3.05) is 0 Å². The minimum absolute atomic E-state index is 0.116. The van der Waals surface area contributed by atoms with Gasteiger partial charge in [-0.2, -0.15) is 18.4 Å². The first-order valence-electron chi connectivity index (χ1n) is 4.54. The lowest BCUT2D eigenvalue weighted by Gasteiger charge is -2.11. The summed E-state index contributed by atoms with van der Waals surface area (Å²) in [6.45, 7) is -0.173.